The molecule has 2 aromatic heterocycles. The van der Waals surface area contributed by atoms with Gasteiger partial charge in [0.15, 0.2) is 12.6 Å². The number of pyridine rings is 1. The lowest BCUT2D eigenvalue weighted by Gasteiger charge is -2.40. The first-order valence-corrected chi connectivity index (χ1v) is 21.6. The van der Waals surface area contributed by atoms with Crippen LogP contribution in [0.15, 0.2) is 30.5 Å². The number of hydrogen-bond acceptors (Lipinski definition) is 8. The van der Waals surface area contributed by atoms with Crippen LogP contribution in [-0.2, 0) is 4.74 Å². The molecule has 0 unspecified atom stereocenters. The smallest absolute Gasteiger partial charge is 0.317 e. The van der Waals surface area contributed by atoms with E-state index in [1.807, 2.05) is 0 Å². The Labute approximate surface area is 317 Å². The van der Waals surface area contributed by atoms with E-state index in [4.69, 9.17) is 19.2 Å². The molecule has 8 nitrogen and oxygen atoms in total. The molecule has 54 heavy (non-hydrogen) atoms. The number of fused-ring (bicyclic) bond motifs is 3. The van der Waals surface area contributed by atoms with Gasteiger partial charge in [0.05, 0.1) is 16.5 Å². The SMILES string of the molecule is COCOc1cc(-c2nc(N3CC[C@@H]3C)c3cnc(OC[C@@]45CCCN4C[C@H](F)C5)nc3c2F)c2c(C#C[Si](C(C)C)(C(C)C)C(C)C)c(F)ccc2c1. The Hall–Kier alpha value is -3.92. The molecule has 0 aliphatic carbocycles. The molecule has 3 aliphatic rings. The van der Waals surface area contributed by atoms with Gasteiger partial charge in [-0.25, -0.2) is 23.1 Å². The van der Waals surface area contributed by atoms with E-state index in [2.05, 4.69) is 79.7 Å². The van der Waals surface area contributed by atoms with E-state index < -0.39 is 31.4 Å². The van der Waals surface area contributed by atoms with Gasteiger partial charge in [-0.2, -0.15) is 4.98 Å². The van der Waals surface area contributed by atoms with E-state index in [0.29, 0.717) is 62.9 Å². The van der Waals surface area contributed by atoms with E-state index in [9.17, 15) is 4.39 Å². The summed E-state index contributed by atoms with van der Waals surface area (Å²) in [6, 6.07) is 6.73. The van der Waals surface area contributed by atoms with E-state index in [0.717, 1.165) is 32.4 Å². The predicted molar refractivity (Wildman–Crippen MR) is 211 cm³/mol. The van der Waals surface area contributed by atoms with Crippen molar-refractivity contribution in [2.45, 2.75) is 109 Å². The molecule has 3 saturated heterocycles. The summed E-state index contributed by atoms with van der Waals surface area (Å²) in [6.45, 7) is 17.5. The van der Waals surface area contributed by atoms with Crippen LogP contribution in [0.25, 0.3) is 32.9 Å². The van der Waals surface area contributed by atoms with Gasteiger partial charge in [0, 0.05) is 49.8 Å². The first kappa shape index (κ1) is 38.4. The molecule has 0 N–H and O–H groups in total. The first-order valence-electron chi connectivity index (χ1n) is 19.4. The number of anilines is 1. The van der Waals surface area contributed by atoms with Gasteiger partial charge in [-0.05, 0) is 72.9 Å². The zero-order valence-corrected chi connectivity index (χ0v) is 33.7. The molecular formula is C42H52F3N5O3Si. The number of halogens is 3. The van der Waals surface area contributed by atoms with Crippen LogP contribution < -0.4 is 14.4 Å². The summed E-state index contributed by atoms with van der Waals surface area (Å²) in [5.41, 5.74) is 4.84. The fourth-order valence-electron chi connectivity index (χ4n) is 9.51. The largest absolute Gasteiger partial charge is 0.468 e. The van der Waals surface area contributed by atoms with Crippen molar-refractivity contribution >= 4 is 35.6 Å². The zero-order valence-electron chi connectivity index (χ0n) is 32.7. The number of aromatic nitrogens is 3. The van der Waals surface area contributed by atoms with E-state index in [1.54, 1.807) is 24.4 Å². The molecule has 0 amide bonds. The van der Waals surface area contributed by atoms with Crippen LogP contribution in [0.5, 0.6) is 11.8 Å². The van der Waals surface area contributed by atoms with E-state index >= 15 is 8.78 Å². The Morgan fingerprint density at radius 1 is 1.02 bits per heavy atom. The molecule has 0 radical (unpaired) electrons. The summed E-state index contributed by atoms with van der Waals surface area (Å²) in [4.78, 5) is 18.4. The van der Waals surface area contributed by atoms with Crippen LogP contribution in [0.4, 0.5) is 19.0 Å². The standard InChI is InChI=1S/C42H52F3N5O3Si/c1-25(2)54(26(3)4,27(5)6)17-13-32-35(44)11-10-29-18-31(53-24-51-8)19-33(36(29)32)38-37(45)39-34(40(47-38)50-16-12-28(50)7)21-46-41(48-39)52-23-42-14-9-15-49(42)22-30(43)20-42/h10-11,18-19,21,25-28,30H,9,12,14-16,20,22-24H2,1-8H3/t28-,30+,42-/m0/s1. The minimum Gasteiger partial charge on any atom is -0.468 e. The lowest BCUT2D eigenvalue weighted by Crippen LogP contribution is -2.46. The number of nitrogens with zero attached hydrogens (tertiary/aromatic N) is 5. The number of methoxy groups -OCH3 is 1. The Morgan fingerprint density at radius 3 is 2.44 bits per heavy atom. The third-order valence-corrected chi connectivity index (χ3v) is 18.7. The number of benzene rings is 2. The fourth-order valence-corrected chi connectivity index (χ4v) is 14.7. The number of alkyl halides is 1. The maximum absolute atomic E-state index is 17.4. The van der Waals surface area contributed by atoms with Gasteiger partial charge in [-0.1, -0.05) is 53.5 Å². The highest BCUT2D eigenvalue weighted by molar-refractivity contribution is 6.90. The normalized spacial score (nSPS) is 21.6. The minimum atomic E-state index is -2.28. The second kappa shape index (κ2) is 15.0. The highest BCUT2D eigenvalue weighted by Crippen LogP contribution is 2.44. The Morgan fingerprint density at radius 2 is 1.78 bits per heavy atom. The first-order chi connectivity index (χ1) is 25.8. The van der Waals surface area contributed by atoms with Crippen molar-refractivity contribution in [3.8, 4) is 34.5 Å². The average Bonchev–Trinajstić information content (AvgIpc) is 3.66. The number of rotatable bonds is 11. The van der Waals surface area contributed by atoms with Crippen molar-refractivity contribution in [1.29, 1.82) is 0 Å². The third kappa shape index (κ3) is 6.60. The fraction of sp³-hybridized carbons (Fsp3) is 0.548. The molecule has 3 fully saturated rings. The summed E-state index contributed by atoms with van der Waals surface area (Å²) in [6.07, 6.45) is 3.80. The van der Waals surface area contributed by atoms with Gasteiger partial charge in [0.2, 0.25) is 0 Å². The van der Waals surface area contributed by atoms with Crippen molar-refractivity contribution in [2.75, 3.05) is 45.0 Å². The lowest BCUT2D eigenvalue weighted by atomic mass is 9.95. The summed E-state index contributed by atoms with van der Waals surface area (Å²) in [5, 5.41) is 1.53. The molecule has 4 aromatic rings. The molecule has 3 aliphatic heterocycles. The summed E-state index contributed by atoms with van der Waals surface area (Å²) >= 11 is 0. The van der Waals surface area contributed by atoms with Gasteiger partial charge in [0.25, 0.3) is 0 Å². The molecule has 0 bridgehead atoms. The second-order valence-corrected chi connectivity index (χ2v) is 22.0. The van der Waals surface area contributed by atoms with Crippen LogP contribution in [0.3, 0.4) is 0 Å². The predicted octanol–water partition coefficient (Wildman–Crippen LogP) is 9.23. The van der Waals surface area contributed by atoms with Crippen LogP contribution in [0, 0.1) is 23.1 Å². The maximum Gasteiger partial charge on any atom is 0.317 e. The maximum atomic E-state index is 17.4. The number of ether oxygens (including phenoxy) is 3. The third-order valence-electron chi connectivity index (χ3n) is 12.4. The van der Waals surface area contributed by atoms with Crippen LogP contribution in [0.2, 0.25) is 16.6 Å². The van der Waals surface area contributed by atoms with Crippen LogP contribution in [-0.4, -0.2) is 85.8 Å². The molecule has 0 saturated carbocycles. The summed E-state index contributed by atoms with van der Waals surface area (Å²) < 4.78 is 65.4. The Balaban J connectivity index is 1.44. The highest BCUT2D eigenvalue weighted by atomic mass is 28.3. The topological polar surface area (TPSA) is 72.8 Å². The van der Waals surface area contributed by atoms with E-state index in [1.165, 1.54) is 13.2 Å². The van der Waals surface area contributed by atoms with Crippen molar-refractivity contribution < 1.29 is 27.4 Å². The molecule has 5 heterocycles. The van der Waals surface area contributed by atoms with Crippen molar-refractivity contribution in [2.24, 2.45) is 0 Å². The zero-order chi connectivity index (χ0) is 38.5. The molecule has 2 aromatic carbocycles. The second-order valence-electron chi connectivity index (χ2n) is 16.4. The molecular weight excluding hydrogens is 708 g/mol. The Bertz CT molecular complexity index is 2100. The molecule has 0 spiro atoms. The Kier molecular flexibility index (Phi) is 10.6. The molecule has 3 atom stereocenters. The van der Waals surface area contributed by atoms with E-state index in [-0.39, 0.29) is 42.2 Å². The lowest BCUT2D eigenvalue weighted by molar-refractivity contribution is 0.0512. The van der Waals surface area contributed by atoms with Gasteiger partial charge < -0.3 is 19.1 Å². The van der Waals surface area contributed by atoms with Crippen LogP contribution >= 0.6 is 0 Å². The van der Waals surface area contributed by atoms with Crippen molar-refractivity contribution in [3.05, 3.63) is 47.7 Å². The number of hydrogen-bond donors (Lipinski definition) is 0. The van der Waals surface area contributed by atoms with Crippen LogP contribution in [0.1, 0.15) is 79.7 Å². The molecule has 12 heteroatoms. The summed E-state index contributed by atoms with van der Waals surface area (Å²) in [5.74, 6) is 3.12. The van der Waals surface area contributed by atoms with Gasteiger partial charge >= 0.3 is 6.01 Å². The molecule has 288 valence electrons. The van der Waals surface area contributed by atoms with Crippen molar-refractivity contribution in [1.82, 2.24) is 19.9 Å². The van der Waals surface area contributed by atoms with Crippen molar-refractivity contribution in [3.63, 3.8) is 0 Å². The monoisotopic (exact) mass is 759 g/mol. The summed E-state index contributed by atoms with van der Waals surface area (Å²) in [7, 11) is -0.755. The van der Waals surface area contributed by atoms with Gasteiger partial charge in [0.1, 0.15) is 49.4 Å². The minimum absolute atomic E-state index is 0.000482. The quantitative estimate of drug-likeness (QED) is 0.0852. The highest BCUT2D eigenvalue weighted by Gasteiger charge is 2.49. The van der Waals surface area contributed by atoms with Gasteiger partial charge in [-0.3, -0.25) is 4.90 Å². The molecule has 7 rings (SSSR count). The average molecular weight is 760 g/mol. The van der Waals surface area contributed by atoms with Gasteiger partial charge in [-0.15, -0.1) is 5.54 Å².